The predicted molar refractivity (Wildman–Crippen MR) is 73.0 cm³/mol. The molecule has 0 spiro atoms. The summed E-state index contributed by atoms with van der Waals surface area (Å²) in [5.41, 5.74) is 1.35. The fraction of sp³-hybridized carbons (Fsp3) is 0.600. The van der Waals surface area contributed by atoms with Crippen LogP contribution in [-0.4, -0.2) is 37.5 Å². The Labute approximate surface area is 109 Å². The molecule has 0 bridgehead atoms. The van der Waals surface area contributed by atoms with E-state index >= 15 is 0 Å². The van der Waals surface area contributed by atoms with Crippen molar-refractivity contribution in [3.63, 3.8) is 0 Å². The number of nitrogens with zero attached hydrogens (tertiary/aromatic N) is 1. The first-order valence-corrected chi connectivity index (χ1v) is 7.13. The molecule has 0 aromatic carbocycles. The van der Waals surface area contributed by atoms with Gasteiger partial charge in [-0.3, -0.25) is 4.90 Å². The number of likely N-dealkylation sites (N-methyl/N-ethyl adjacent to an activating group) is 1. The maximum atomic E-state index is 5.37. The molecule has 0 fully saturated rings. The van der Waals surface area contributed by atoms with Gasteiger partial charge in [0.2, 0.25) is 0 Å². The number of hydrogen-bond donors (Lipinski definition) is 1. The molecule has 0 atom stereocenters. The first kappa shape index (κ1) is 13.5. The van der Waals surface area contributed by atoms with Crippen molar-refractivity contribution < 1.29 is 4.74 Å². The van der Waals surface area contributed by atoms with Gasteiger partial charge in [-0.05, 0) is 40.0 Å². The Morgan fingerprint density at radius 3 is 2.93 bits per heavy atom. The van der Waals surface area contributed by atoms with Crippen molar-refractivity contribution in [1.29, 1.82) is 0 Å². The molecular weight excluding hydrogens is 294 g/mol. The summed E-state index contributed by atoms with van der Waals surface area (Å²) in [6.45, 7) is 3.46. The second-order valence-electron chi connectivity index (χ2n) is 3.33. The summed E-state index contributed by atoms with van der Waals surface area (Å²) >= 11 is 9.27. The fourth-order valence-electron chi connectivity index (χ4n) is 1.21. The second kappa shape index (κ2) is 7.68. The molecule has 0 amide bonds. The van der Waals surface area contributed by atoms with Gasteiger partial charge in [0.05, 0.1) is 17.0 Å². The zero-order chi connectivity index (χ0) is 11.1. The van der Waals surface area contributed by atoms with Gasteiger partial charge in [0.25, 0.3) is 0 Å². The molecule has 15 heavy (non-hydrogen) atoms. The van der Waals surface area contributed by atoms with Gasteiger partial charge < -0.3 is 4.74 Å². The quantitative estimate of drug-likeness (QED) is 0.614. The summed E-state index contributed by atoms with van der Waals surface area (Å²) in [6.07, 6.45) is 0. The van der Waals surface area contributed by atoms with E-state index in [1.807, 2.05) is 0 Å². The highest BCUT2D eigenvalue weighted by Crippen LogP contribution is 2.21. The Morgan fingerprint density at radius 1 is 1.53 bits per heavy atom. The lowest BCUT2D eigenvalue weighted by atomic mass is 10.3. The number of thiol groups is 1. The largest absolute Gasteiger partial charge is 0.379 e. The summed E-state index contributed by atoms with van der Waals surface area (Å²) in [7, 11) is 2.11. The Morgan fingerprint density at radius 2 is 2.33 bits per heavy atom. The number of rotatable bonds is 7. The summed E-state index contributed by atoms with van der Waals surface area (Å²) in [5, 5.41) is 2.18. The van der Waals surface area contributed by atoms with Crippen molar-refractivity contribution in [3.05, 3.63) is 20.8 Å². The molecule has 1 heterocycles. The van der Waals surface area contributed by atoms with Crippen LogP contribution in [0.5, 0.6) is 0 Å². The Hall–Kier alpha value is 0.450. The lowest BCUT2D eigenvalue weighted by Gasteiger charge is -2.15. The van der Waals surface area contributed by atoms with Crippen molar-refractivity contribution in [2.24, 2.45) is 0 Å². The normalized spacial score (nSPS) is 11.2. The minimum atomic E-state index is 0.737. The summed E-state index contributed by atoms with van der Waals surface area (Å²) in [6, 6.07) is 2.16. The summed E-state index contributed by atoms with van der Waals surface area (Å²) < 4.78 is 6.56. The maximum absolute atomic E-state index is 5.37. The lowest BCUT2D eigenvalue weighted by Crippen LogP contribution is -2.22. The van der Waals surface area contributed by atoms with Gasteiger partial charge in [-0.15, -0.1) is 11.3 Å². The van der Waals surface area contributed by atoms with Crippen LogP contribution in [0.4, 0.5) is 0 Å². The van der Waals surface area contributed by atoms with Crippen LogP contribution in [0.3, 0.4) is 0 Å². The van der Waals surface area contributed by atoms with Crippen molar-refractivity contribution >= 4 is 39.9 Å². The van der Waals surface area contributed by atoms with Crippen LogP contribution in [0.15, 0.2) is 15.2 Å². The molecule has 0 aliphatic carbocycles. The van der Waals surface area contributed by atoms with Crippen molar-refractivity contribution in [1.82, 2.24) is 4.90 Å². The van der Waals surface area contributed by atoms with Gasteiger partial charge in [-0.1, -0.05) is 0 Å². The van der Waals surface area contributed by atoms with E-state index in [0.29, 0.717) is 0 Å². The molecule has 0 saturated heterocycles. The number of thiophene rings is 1. The molecule has 0 N–H and O–H groups in total. The Balaban J connectivity index is 2.15. The summed E-state index contributed by atoms with van der Waals surface area (Å²) in [4.78, 5) is 2.26. The van der Waals surface area contributed by atoms with Crippen molar-refractivity contribution in [2.75, 3.05) is 32.6 Å². The molecule has 1 aromatic heterocycles. The molecule has 0 saturated carbocycles. The van der Waals surface area contributed by atoms with E-state index < -0.39 is 0 Å². The van der Waals surface area contributed by atoms with Crippen LogP contribution in [-0.2, 0) is 11.3 Å². The predicted octanol–water partition coefficient (Wildman–Crippen LogP) is 2.89. The van der Waals surface area contributed by atoms with E-state index in [4.69, 9.17) is 4.74 Å². The monoisotopic (exact) mass is 309 g/mol. The molecule has 0 unspecified atom stereocenters. The average Bonchev–Trinajstić information content (AvgIpc) is 2.59. The van der Waals surface area contributed by atoms with Gasteiger partial charge >= 0.3 is 0 Å². The van der Waals surface area contributed by atoms with Crippen LogP contribution >= 0.6 is 39.9 Å². The van der Waals surface area contributed by atoms with Crippen LogP contribution in [0.1, 0.15) is 5.56 Å². The van der Waals surface area contributed by atoms with E-state index in [-0.39, 0.29) is 0 Å². The van der Waals surface area contributed by atoms with E-state index in [1.54, 1.807) is 11.3 Å². The molecule has 0 radical (unpaired) electrons. The fourth-order valence-corrected chi connectivity index (χ4v) is 2.54. The van der Waals surface area contributed by atoms with E-state index in [2.05, 4.69) is 52.0 Å². The molecule has 1 rings (SSSR count). The lowest BCUT2D eigenvalue weighted by molar-refractivity contribution is 0.122. The molecule has 2 nitrogen and oxygen atoms in total. The van der Waals surface area contributed by atoms with E-state index in [1.165, 1.54) is 9.35 Å². The van der Waals surface area contributed by atoms with Gasteiger partial charge in [-0.25, -0.2) is 0 Å². The second-order valence-corrected chi connectivity index (χ2v) is 6.07. The zero-order valence-electron chi connectivity index (χ0n) is 8.78. The van der Waals surface area contributed by atoms with E-state index in [9.17, 15) is 0 Å². The van der Waals surface area contributed by atoms with Gasteiger partial charge in [-0.2, -0.15) is 12.6 Å². The van der Waals surface area contributed by atoms with Crippen molar-refractivity contribution in [3.8, 4) is 0 Å². The molecule has 0 aliphatic heterocycles. The minimum absolute atomic E-state index is 0.737. The third-order valence-corrected chi connectivity index (χ3v) is 3.66. The first-order valence-electron chi connectivity index (χ1n) is 4.82. The molecule has 86 valence electrons. The minimum Gasteiger partial charge on any atom is -0.379 e. The summed E-state index contributed by atoms with van der Waals surface area (Å²) in [5.74, 6) is 0.793. The van der Waals surface area contributed by atoms with Crippen LogP contribution in [0.2, 0.25) is 0 Å². The van der Waals surface area contributed by atoms with E-state index in [0.717, 1.165) is 32.1 Å². The number of hydrogen-bond acceptors (Lipinski definition) is 4. The number of halogens is 1. The van der Waals surface area contributed by atoms with Gasteiger partial charge in [0, 0.05) is 18.8 Å². The average molecular weight is 310 g/mol. The highest BCUT2D eigenvalue weighted by atomic mass is 79.9. The highest BCUT2D eigenvalue weighted by Gasteiger charge is 2.02. The van der Waals surface area contributed by atoms with Crippen LogP contribution in [0, 0.1) is 0 Å². The Kier molecular flexibility index (Phi) is 6.92. The maximum Gasteiger partial charge on any atom is 0.0701 e. The third-order valence-electron chi connectivity index (χ3n) is 1.93. The molecule has 0 aliphatic rings. The van der Waals surface area contributed by atoms with Gasteiger partial charge in [0.1, 0.15) is 0 Å². The topological polar surface area (TPSA) is 12.5 Å². The van der Waals surface area contributed by atoms with Crippen LogP contribution < -0.4 is 0 Å². The Bertz CT molecular complexity index is 280. The highest BCUT2D eigenvalue weighted by molar-refractivity contribution is 9.11. The third kappa shape index (κ3) is 5.92. The first-order chi connectivity index (χ1) is 7.22. The van der Waals surface area contributed by atoms with Crippen LogP contribution in [0.25, 0.3) is 0 Å². The standard InChI is InChI=1S/C10H16BrNOS2/c1-12(2-3-13-4-5-14)7-9-6-10(11)15-8-9/h6,8,14H,2-5,7H2,1H3. The zero-order valence-corrected chi connectivity index (χ0v) is 12.1. The number of ether oxygens (including phenoxy) is 1. The SMILES string of the molecule is CN(CCOCCS)Cc1csc(Br)c1. The molecule has 1 aromatic rings. The molecule has 5 heteroatoms. The smallest absolute Gasteiger partial charge is 0.0701 e. The van der Waals surface area contributed by atoms with Gasteiger partial charge in [0.15, 0.2) is 0 Å². The van der Waals surface area contributed by atoms with Crippen molar-refractivity contribution in [2.45, 2.75) is 6.54 Å². The molecular formula is C10H16BrNOS2.